The molecule has 2 aromatic rings. The lowest BCUT2D eigenvalue weighted by Crippen LogP contribution is -2.38. The van der Waals surface area contributed by atoms with Crippen LogP contribution in [0.2, 0.25) is 0 Å². The average molecular weight is 288 g/mol. The third-order valence-corrected chi connectivity index (χ3v) is 5.12. The molecule has 2 bridgehead atoms. The van der Waals surface area contributed by atoms with Gasteiger partial charge in [0.1, 0.15) is 5.82 Å². The van der Waals surface area contributed by atoms with Gasteiger partial charge in [-0.1, -0.05) is 0 Å². The van der Waals surface area contributed by atoms with Crippen LogP contribution in [0.5, 0.6) is 0 Å². The van der Waals surface area contributed by atoms with E-state index in [-0.39, 0.29) is 11.9 Å². The van der Waals surface area contributed by atoms with Crippen molar-refractivity contribution in [2.24, 2.45) is 0 Å². The summed E-state index contributed by atoms with van der Waals surface area (Å²) in [7, 11) is 0. The van der Waals surface area contributed by atoms with Crippen LogP contribution < -0.4 is 10.2 Å². The quantitative estimate of drug-likeness (QED) is 0.870. The number of carbonyl (C=O) groups excluding carboxylic acids is 1. The molecule has 0 unspecified atom stereocenters. The highest BCUT2D eigenvalue weighted by Gasteiger charge is 2.39. The van der Waals surface area contributed by atoms with Gasteiger partial charge in [0.25, 0.3) is 0 Å². The van der Waals surface area contributed by atoms with E-state index in [1.807, 2.05) is 13.0 Å². The van der Waals surface area contributed by atoms with Gasteiger partial charge in [0, 0.05) is 25.0 Å². The molecule has 4 rings (SSSR count). The van der Waals surface area contributed by atoms with Gasteiger partial charge >= 0.3 is 0 Å². The summed E-state index contributed by atoms with van der Waals surface area (Å²) in [5.74, 6) is 1.98. The highest BCUT2D eigenvalue weighted by molar-refractivity contribution is 7.17. The zero-order chi connectivity index (χ0) is 13.7. The van der Waals surface area contributed by atoms with Crippen molar-refractivity contribution >= 4 is 33.3 Å². The second-order valence-electron chi connectivity index (χ2n) is 5.53. The number of hydrogen-bond acceptors (Lipinski definition) is 5. The number of fused-ring (bicyclic) bond motifs is 3. The number of nitrogens with zero attached hydrogens (tertiary/aromatic N) is 3. The Bertz CT molecular complexity index is 683. The van der Waals surface area contributed by atoms with Gasteiger partial charge in [0.2, 0.25) is 5.91 Å². The summed E-state index contributed by atoms with van der Waals surface area (Å²) in [5, 5.41) is 5.07. The smallest absolute Gasteiger partial charge is 0.222 e. The summed E-state index contributed by atoms with van der Waals surface area (Å²) in [5.41, 5.74) is 1.01. The van der Waals surface area contributed by atoms with Gasteiger partial charge in [-0.3, -0.25) is 4.79 Å². The Balaban J connectivity index is 1.86. The molecule has 2 atom stereocenters. The fourth-order valence-electron chi connectivity index (χ4n) is 3.36. The Morgan fingerprint density at radius 2 is 2.20 bits per heavy atom. The first-order chi connectivity index (χ1) is 9.72. The highest BCUT2D eigenvalue weighted by atomic mass is 32.1. The molecule has 2 saturated heterocycles. The van der Waals surface area contributed by atoms with E-state index in [1.165, 1.54) is 0 Å². The standard InChI is InChI=1S/C14H16N4OS/c1-8-16-11-4-5-20-13(11)14(17-8)18-9-2-3-10(18)7-15-12(19)6-9/h4-5,9-10H,2-3,6-7H2,1H3,(H,15,19)/t9-,10+/m0/s1. The second kappa shape index (κ2) is 4.41. The van der Waals surface area contributed by atoms with Crippen molar-refractivity contribution in [3.63, 3.8) is 0 Å². The minimum atomic E-state index is 0.162. The van der Waals surface area contributed by atoms with E-state index < -0.39 is 0 Å². The van der Waals surface area contributed by atoms with E-state index in [9.17, 15) is 4.79 Å². The lowest BCUT2D eigenvalue weighted by molar-refractivity contribution is -0.121. The number of rotatable bonds is 1. The summed E-state index contributed by atoms with van der Waals surface area (Å²) in [6.45, 7) is 2.66. The van der Waals surface area contributed by atoms with Gasteiger partial charge in [-0.15, -0.1) is 11.3 Å². The molecular formula is C14H16N4OS. The van der Waals surface area contributed by atoms with E-state index in [0.29, 0.717) is 12.5 Å². The molecule has 1 amide bonds. The number of aryl methyl sites for hydroxylation is 1. The number of amides is 1. The second-order valence-corrected chi connectivity index (χ2v) is 6.45. The molecule has 20 heavy (non-hydrogen) atoms. The van der Waals surface area contributed by atoms with E-state index >= 15 is 0 Å². The van der Waals surface area contributed by atoms with Gasteiger partial charge in [0.15, 0.2) is 5.82 Å². The first kappa shape index (κ1) is 12.1. The molecular weight excluding hydrogens is 272 g/mol. The molecule has 4 heterocycles. The average Bonchev–Trinajstić information content (AvgIpc) is 2.97. The minimum absolute atomic E-state index is 0.162. The normalized spacial score (nSPS) is 25.9. The van der Waals surface area contributed by atoms with E-state index in [2.05, 4.69) is 20.6 Å². The lowest BCUT2D eigenvalue weighted by Gasteiger charge is -2.29. The summed E-state index contributed by atoms with van der Waals surface area (Å²) in [6, 6.07) is 2.69. The molecule has 0 saturated carbocycles. The van der Waals surface area contributed by atoms with Gasteiger partial charge in [-0.25, -0.2) is 9.97 Å². The molecule has 2 aliphatic heterocycles. The number of aromatic nitrogens is 2. The molecule has 2 aliphatic rings. The maximum absolute atomic E-state index is 11.8. The van der Waals surface area contributed by atoms with E-state index in [4.69, 9.17) is 4.98 Å². The largest absolute Gasteiger partial charge is 0.354 e. The maximum atomic E-state index is 11.8. The van der Waals surface area contributed by atoms with Crippen molar-refractivity contribution in [1.82, 2.24) is 15.3 Å². The minimum Gasteiger partial charge on any atom is -0.354 e. The number of thiophene rings is 1. The van der Waals surface area contributed by atoms with Crippen LogP contribution in [0, 0.1) is 6.92 Å². The van der Waals surface area contributed by atoms with E-state index in [0.717, 1.165) is 41.2 Å². The van der Waals surface area contributed by atoms with Crippen molar-refractivity contribution < 1.29 is 4.79 Å². The third-order valence-electron chi connectivity index (χ3n) is 4.22. The molecule has 0 spiro atoms. The molecule has 5 nitrogen and oxygen atoms in total. The third kappa shape index (κ3) is 1.78. The van der Waals surface area contributed by atoms with Crippen LogP contribution in [0.15, 0.2) is 11.4 Å². The number of hydrogen-bond donors (Lipinski definition) is 1. The van der Waals surface area contributed by atoms with Gasteiger partial charge < -0.3 is 10.2 Å². The van der Waals surface area contributed by atoms with Crippen molar-refractivity contribution in [2.75, 3.05) is 11.4 Å². The van der Waals surface area contributed by atoms with Gasteiger partial charge in [-0.2, -0.15) is 0 Å². The lowest BCUT2D eigenvalue weighted by atomic mass is 10.1. The Kier molecular flexibility index (Phi) is 2.66. The topological polar surface area (TPSA) is 58.1 Å². The maximum Gasteiger partial charge on any atom is 0.222 e. The van der Waals surface area contributed by atoms with Crippen LogP contribution in [0.3, 0.4) is 0 Å². The molecule has 2 aromatic heterocycles. The number of carbonyl (C=O) groups is 1. The zero-order valence-electron chi connectivity index (χ0n) is 11.3. The first-order valence-corrected chi connectivity index (χ1v) is 7.87. The Morgan fingerprint density at radius 1 is 1.35 bits per heavy atom. The summed E-state index contributed by atoms with van der Waals surface area (Å²) < 4.78 is 1.14. The summed E-state index contributed by atoms with van der Waals surface area (Å²) in [6.07, 6.45) is 2.78. The van der Waals surface area contributed by atoms with Crippen LogP contribution in [-0.2, 0) is 4.79 Å². The monoisotopic (exact) mass is 288 g/mol. The van der Waals surface area contributed by atoms with Crippen molar-refractivity contribution in [3.05, 3.63) is 17.3 Å². The fraction of sp³-hybridized carbons (Fsp3) is 0.500. The Labute approximate surface area is 121 Å². The van der Waals surface area contributed by atoms with Crippen LogP contribution in [0.1, 0.15) is 25.1 Å². The van der Waals surface area contributed by atoms with Crippen LogP contribution >= 0.6 is 11.3 Å². The van der Waals surface area contributed by atoms with E-state index in [1.54, 1.807) is 11.3 Å². The van der Waals surface area contributed by atoms with Crippen molar-refractivity contribution in [2.45, 2.75) is 38.3 Å². The van der Waals surface area contributed by atoms with Gasteiger partial charge in [-0.05, 0) is 31.2 Å². The highest BCUT2D eigenvalue weighted by Crippen LogP contribution is 2.37. The zero-order valence-corrected chi connectivity index (χ0v) is 12.1. The molecule has 6 heteroatoms. The summed E-state index contributed by atoms with van der Waals surface area (Å²) >= 11 is 1.68. The Morgan fingerprint density at radius 3 is 3.10 bits per heavy atom. The van der Waals surface area contributed by atoms with Crippen LogP contribution in [-0.4, -0.2) is 34.5 Å². The van der Waals surface area contributed by atoms with Crippen LogP contribution in [0.25, 0.3) is 10.2 Å². The molecule has 1 N–H and O–H groups in total. The number of nitrogens with one attached hydrogen (secondary N) is 1. The van der Waals surface area contributed by atoms with Crippen molar-refractivity contribution in [3.8, 4) is 0 Å². The Hall–Kier alpha value is -1.69. The SMILES string of the molecule is Cc1nc(N2[C@@H]3CC[C@H]2CC(=O)NC3)c2sccc2n1. The predicted octanol–water partition coefficient (Wildman–Crippen LogP) is 1.86. The fourth-order valence-corrected chi connectivity index (χ4v) is 4.19. The molecule has 0 radical (unpaired) electrons. The molecule has 0 aromatic carbocycles. The summed E-state index contributed by atoms with van der Waals surface area (Å²) in [4.78, 5) is 23.3. The first-order valence-electron chi connectivity index (χ1n) is 6.99. The van der Waals surface area contributed by atoms with Crippen LogP contribution in [0.4, 0.5) is 5.82 Å². The van der Waals surface area contributed by atoms with Crippen molar-refractivity contribution in [1.29, 1.82) is 0 Å². The molecule has 104 valence electrons. The molecule has 0 aliphatic carbocycles. The molecule has 2 fully saturated rings. The predicted molar refractivity (Wildman–Crippen MR) is 79.1 cm³/mol. The van der Waals surface area contributed by atoms with Gasteiger partial charge in [0.05, 0.1) is 10.2 Å². The number of anilines is 1.